The molecule has 0 aliphatic carbocycles. The summed E-state index contributed by atoms with van der Waals surface area (Å²) in [7, 11) is 1.33. The van der Waals surface area contributed by atoms with E-state index in [0.717, 1.165) is 0 Å². The Bertz CT molecular complexity index is 243. The van der Waals surface area contributed by atoms with Gasteiger partial charge in [0.05, 0.1) is 13.3 Å². The fraction of sp³-hybridized carbons (Fsp3) is 0.500. The number of hydrogen-bond donors (Lipinski definition) is 1. The van der Waals surface area contributed by atoms with Crippen molar-refractivity contribution in [3.63, 3.8) is 0 Å². The molecule has 1 heterocycles. The van der Waals surface area contributed by atoms with Crippen molar-refractivity contribution in [2.75, 3.05) is 7.11 Å². The number of nitrogens with zero attached hydrogens (tertiary/aromatic N) is 1. The zero-order valence-corrected chi connectivity index (χ0v) is 7.84. The van der Waals surface area contributed by atoms with Gasteiger partial charge in [-0.3, -0.25) is 0 Å². The van der Waals surface area contributed by atoms with Crippen LogP contribution in [-0.2, 0) is 4.74 Å². The lowest BCUT2D eigenvalue weighted by molar-refractivity contribution is 0.0594. The minimum absolute atomic E-state index is 0.388. The third-order valence-electron chi connectivity index (χ3n) is 1.11. The number of esters is 1. The lowest BCUT2D eigenvalue weighted by Gasteiger charge is -1.91. The second-order valence-electron chi connectivity index (χ2n) is 1.87. The first-order chi connectivity index (χ1) is 5.74. The Morgan fingerprint density at radius 1 is 1.58 bits per heavy atom. The van der Waals surface area contributed by atoms with Crippen molar-refractivity contribution in [3.8, 4) is 0 Å². The monoisotopic (exact) mass is 170 g/mol. The standard InChI is InChI=1S/C6H8N2O2.C2H6/c1-4-7-3-5(8-4)6(9)10-2;1-2/h3H,1-2H3,(H,7,8);1-2H3. The minimum Gasteiger partial charge on any atom is -0.464 e. The van der Waals surface area contributed by atoms with E-state index >= 15 is 0 Å². The van der Waals surface area contributed by atoms with Gasteiger partial charge in [0, 0.05) is 0 Å². The van der Waals surface area contributed by atoms with Crippen LogP contribution in [0.15, 0.2) is 6.20 Å². The van der Waals surface area contributed by atoms with Gasteiger partial charge in [-0.15, -0.1) is 0 Å². The predicted octanol–water partition coefficient (Wildman–Crippen LogP) is 1.53. The summed E-state index contributed by atoms with van der Waals surface area (Å²) in [6, 6.07) is 0. The number of carbonyl (C=O) groups is 1. The summed E-state index contributed by atoms with van der Waals surface area (Å²) >= 11 is 0. The molecule has 0 atom stereocenters. The molecule has 4 nitrogen and oxygen atoms in total. The number of rotatable bonds is 1. The smallest absolute Gasteiger partial charge is 0.356 e. The number of nitrogens with one attached hydrogen (secondary N) is 1. The first kappa shape index (κ1) is 10.7. The largest absolute Gasteiger partial charge is 0.464 e. The van der Waals surface area contributed by atoms with Crippen LogP contribution in [0.5, 0.6) is 0 Å². The maximum Gasteiger partial charge on any atom is 0.356 e. The van der Waals surface area contributed by atoms with Gasteiger partial charge in [0.2, 0.25) is 0 Å². The molecule has 4 heteroatoms. The number of aromatic amines is 1. The van der Waals surface area contributed by atoms with Crippen molar-refractivity contribution < 1.29 is 9.53 Å². The van der Waals surface area contributed by atoms with E-state index in [1.54, 1.807) is 6.92 Å². The molecule has 0 unspecified atom stereocenters. The molecule has 0 bridgehead atoms. The van der Waals surface area contributed by atoms with E-state index in [-0.39, 0.29) is 5.97 Å². The van der Waals surface area contributed by atoms with E-state index < -0.39 is 0 Å². The van der Waals surface area contributed by atoms with E-state index in [4.69, 9.17) is 0 Å². The summed E-state index contributed by atoms with van der Waals surface area (Å²) in [5, 5.41) is 0. The van der Waals surface area contributed by atoms with Crippen LogP contribution in [0.3, 0.4) is 0 Å². The Morgan fingerprint density at radius 2 is 2.17 bits per heavy atom. The van der Waals surface area contributed by atoms with E-state index in [1.807, 2.05) is 13.8 Å². The highest BCUT2D eigenvalue weighted by atomic mass is 16.5. The zero-order valence-electron chi connectivity index (χ0n) is 7.84. The SMILES string of the molecule is CC.COC(=O)c1cnc(C)[nH]1. The Morgan fingerprint density at radius 3 is 2.50 bits per heavy atom. The highest BCUT2D eigenvalue weighted by molar-refractivity contribution is 5.86. The number of imidazole rings is 1. The summed E-state index contributed by atoms with van der Waals surface area (Å²) in [5.41, 5.74) is 0.389. The van der Waals surface area contributed by atoms with Crippen LogP contribution < -0.4 is 0 Å². The van der Waals surface area contributed by atoms with Gasteiger partial charge in [0.25, 0.3) is 0 Å². The summed E-state index contributed by atoms with van der Waals surface area (Å²) in [4.78, 5) is 17.3. The Balaban J connectivity index is 0.000000561. The highest BCUT2D eigenvalue weighted by Crippen LogP contribution is 1.96. The van der Waals surface area contributed by atoms with Crippen LogP contribution in [-0.4, -0.2) is 23.0 Å². The molecule has 0 radical (unpaired) electrons. The number of hydrogen-bond acceptors (Lipinski definition) is 3. The highest BCUT2D eigenvalue weighted by Gasteiger charge is 2.05. The summed E-state index contributed by atoms with van der Waals surface area (Å²) < 4.78 is 4.44. The molecule has 1 rings (SSSR count). The molecule has 0 saturated heterocycles. The first-order valence-corrected chi connectivity index (χ1v) is 3.84. The van der Waals surface area contributed by atoms with Gasteiger partial charge >= 0.3 is 5.97 Å². The van der Waals surface area contributed by atoms with Crippen LogP contribution in [0.2, 0.25) is 0 Å². The van der Waals surface area contributed by atoms with Crippen LogP contribution in [0, 0.1) is 6.92 Å². The Hall–Kier alpha value is -1.32. The number of ether oxygens (including phenoxy) is 1. The second-order valence-corrected chi connectivity index (χ2v) is 1.87. The maximum atomic E-state index is 10.7. The summed E-state index contributed by atoms with van der Waals surface area (Å²) in [5.74, 6) is 0.320. The number of carbonyl (C=O) groups excluding carboxylic acids is 1. The van der Waals surface area contributed by atoms with Crippen LogP contribution in [0.25, 0.3) is 0 Å². The van der Waals surface area contributed by atoms with Gasteiger partial charge < -0.3 is 9.72 Å². The summed E-state index contributed by atoms with van der Waals surface area (Å²) in [6.07, 6.45) is 1.45. The maximum absolute atomic E-state index is 10.7. The molecule has 1 N–H and O–H groups in total. The van der Waals surface area contributed by atoms with Gasteiger partial charge in [0.15, 0.2) is 0 Å². The molecule has 0 amide bonds. The summed E-state index contributed by atoms with van der Waals surface area (Å²) in [6.45, 7) is 5.77. The average molecular weight is 170 g/mol. The van der Waals surface area contributed by atoms with E-state index in [0.29, 0.717) is 11.5 Å². The van der Waals surface area contributed by atoms with Crippen molar-refractivity contribution in [2.24, 2.45) is 0 Å². The Labute approximate surface area is 72.0 Å². The zero-order chi connectivity index (χ0) is 9.56. The van der Waals surface area contributed by atoms with Crippen molar-refractivity contribution in [1.82, 2.24) is 9.97 Å². The molecule has 12 heavy (non-hydrogen) atoms. The third kappa shape index (κ3) is 2.74. The van der Waals surface area contributed by atoms with Gasteiger partial charge in [-0.05, 0) is 6.92 Å². The fourth-order valence-electron chi connectivity index (χ4n) is 0.635. The van der Waals surface area contributed by atoms with Gasteiger partial charge in [-0.25, -0.2) is 9.78 Å². The average Bonchev–Trinajstić information content (AvgIpc) is 2.54. The van der Waals surface area contributed by atoms with Crippen molar-refractivity contribution in [2.45, 2.75) is 20.8 Å². The molecular formula is C8H14N2O2. The molecular weight excluding hydrogens is 156 g/mol. The lowest BCUT2D eigenvalue weighted by atomic mass is 10.5. The molecule has 1 aromatic heterocycles. The third-order valence-corrected chi connectivity index (χ3v) is 1.11. The molecule has 0 saturated carbocycles. The van der Waals surface area contributed by atoms with E-state index in [9.17, 15) is 4.79 Å². The molecule has 0 aliphatic heterocycles. The van der Waals surface area contributed by atoms with Gasteiger partial charge in [-0.2, -0.15) is 0 Å². The second kappa shape index (κ2) is 5.35. The molecule has 0 spiro atoms. The molecule has 0 aliphatic rings. The van der Waals surface area contributed by atoms with Gasteiger partial charge in [-0.1, -0.05) is 13.8 Å². The van der Waals surface area contributed by atoms with Crippen LogP contribution in [0.1, 0.15) is 30.2 Å². The number of H-pyrrole nitrogens is 1. The van der Waals surface area contributed by atoms with Crippen LogP contribution >= 0.6 is 0 Å². The fourth-order valence-corrected chi connectivity index (χ4v) is 0.635. The molecule has 0 fully saturated rings. The minimum atomic E-state index is -0.388. The first-order valence-electron chi connectivity index (χ1n) is 3.84. The van der Waals surface area contributed by atoms with Gasteiger partial charge in [0.1, 0.15) is 11.5 Å². The predicted molar refractivity (Wildman–Crippen MR) is 46.0 cm³/mol. The molecule has 0 aromatic carbocycles. The Kier molecular flexibility index (Phi) is 4.76. The number of aromatic nitrogens is 2. The number of methoxy groups -OCH3 is 1. The molecule has 68 valence electrons. The van der Waals surface area contributed by atoms with E-state index in [2.05, 4.69) is 14.7 Å². The topological polar surface area (TPSA) is 55.0 Å². The lowest BCUT2D eigenvalue weighted by Crippen LogP contribution is -2.00. The van der Waals surface area contributed by atoms with Crippen molar-refractivity contribution in [3.05, 3.63) is 17.7 Å². The molecule has 1 aromatic rings. The normalized spacial score (nSPS) is 8.33. The van der Waals surface area contributed by atoms with E-state index in [1.165, 1.54) is 13.3 Å². The van der Waals surface area contributed by atoms with Crippen molar-refractivity contribution in [1.29, 1.82) is 0 Å². The van der Waals surface area contributed by atoms with Crippen LogP contribution in [0.4, 0.5) is 0 Å². The quantitative estimate of drug-likeness (QED) is 0.650. The van der Waals surface area contributed by atoms with Crippen molar-refractivity contribution >= 4 is 5.97 Å². The number of aryl methyl sites for hydroxylation is 1.